The highest BCUT2D eigenvalue weighted by molar-refractivity contribution is 5.92. The molecule has 1 aliphatic rings. The number of carbonyl (C=O) groups is 1. The molecule has 7 nitrogen and oxygen atoms in total. The highest BCUT2D eigenvalue weighted by Gasteiger charge is 2.43. The second-order valence-corrected chi connectivity index (χ2v) is 13.5. The Bertz CT molecular complexity index is 1770. The summed E-state index contributed by atoms with van der Waals surface area (Å²) < 4.78 is 50.8. The van der Waals surface area contributed by atoms with Gasteiger partial charge in [-0.3, -0.25) is 0 Å². The monoisotopic (exact) mass is 655 g/mol. The van der Waals surface area contributed by atoms with E-state index >= 15 is 0 Å². The number of hydrogen-bond donors (Lipinski definition) is 0. The summed E-state index contributed by atoms with van der Waals surface area (Å²) in [5, 5.41) is 0.340. The van der Waals surface area contributed by atoms with E-state index in [-0.39, 0.29) is 17.6 Å². The minimum Gasteiger partial charge on any atom is -0.444 e. The van der Waals surface area contributed by atoms with Crippen molar-refractivity contribution in [1.29, 1.82) is 0 Å². The molecule has 250 valence electrons. The molecule has 1 amide bonds. The van der Waals surface area contributed by atoms with Gasteiger partial charge in [0, 0.05) is 31.4 Å². The Morgan fingerprint density at radius 3 is 1.79 bits per heavy atom. The van der Waals surface area contributed by atoms with Gasteiger partial charge >= 0.3 is 12.3 Å². The lowest BCUT2D eigenvalue weighted by Gasteiger charge is -2.45. The molecule has 0 spiro atoms. The molecule has 2 aromatic heterocycles. The van der Waals surface area contributed by atoms with Gasteiger partial charge in [-0.05, 0) is 56.9 Å². The summed E-state index contributed by atoms with van der Waals surface area (Å²) in [5.74, 6) is 0.407. The van der Waals surface area contributed by atoms with E-state index in [1.165, 1.54) is 6.33 Å². The van der Waals surface area contributed by atoms with Gasteiger partial charge in [0.1, 0.15) is 28.9 Å². The Labute approximate surface area is 279 Å². The van der Waals surface area contributed by atoms with Crippen LogP contribution in [0.2, 0.25) is 0 Å². The number of anilines is 1. The van der Waals surface area contributed by atoms with Crippen LogP contribution in [-0.2, 0) is 16.7 Å². The largest absolute Gasteiger partial charge is 0.444 e. The Kier molecular flexibility index (Phi) is 8.70. The normalized spacial score (nSPS) is 17.5. The highest BCUT2D eigenvalue weighted by atomic mass is 19.4. The quantitative estimate of drug-likeness (QED) is 0.173. The van der Waals surface area contributed by atoms with Crippen molar-refractivity contribution in [2.45, 2.75) is 70.4 Å². The van der Waals surface area contributed by atoms with Gasteiger partial charge < -0.3 is 19.1 Å². The van der Waals surface area contributed by atoms with Crippen LogP contribution in [0.25, 0.3) is 11.0 Å². The van der Waals surface area contributed by atoms with E-state index in [4.69, 9.17) is 9.72 Å². The Morgan fingerprint density at radius 2 is 1.31 bits per heavy atom. The third-order valence-corrected chi connectivity index (χ3v) is 8.85. The predicted octanol–water partition coefficient (Wildman–Crippen LogP) is 8.21. The molecule has 1 saturated heterocycles. The third kappa shape index (κ3) is 6.23. The number of benzene rings is 3. The van der Waals surface area contributed by atoms with Crippen molar-refractivity contribution in [3.05, 3.63) is 126 Å². The zero-order chi connectivity index (χ0) is 34.3. The minimum atomic E-state index is -4.49. The van der Waals surface area contributed by atoms with Gasteiger partial charge in [-0.1, -0.05) is 91.0 Å². The molecule has 3 aromatic carbocycles. The molecule has 6 rings (SSSR count). The summed E-state index contributed by atoms with van der Waals surface area (Å²) in [4.78, 5) is 26.1. The van der Waals surface area contributed by atoms with Crippen LogP contribution < -0.4 is 4.90 Å². The number of rotatable bonds is 6. The number of fused-ring (bicyclic) bond motifs is 1. The van der Waals surface area contributed by atoms with Crippen molar-refractivity contribution < 1.29 is 22.7 Å². The first-order valence-corrected chi connectivity index (χ1v) is 16.1. The van der Waals surface area contributed by atoms with Gasteiger partial charge in [-0.2, -0.15) is 13.2 Å². The fraction of sp³-hybridized carbons (Fsp3) is 0.342. The lowest BCUT2D eigenvalue weighted by molar-refractivity contribution is -0.127. The zero-order valence-corrected chi connectivity index (χ0v) is 27.8. The van der Waals surface area contributed by atoms with E-state index in [0.717, 1.165) is 16.7 Å². The molecule has 5 aromatic rings. The maximum atomic E-state index is 14.4. The molecule has 0 bridgehead atoms. The minimum absolute atomic E-state index is 0.0784. The number of ether oxygens (including phenoxy) is 1. The molecule has 2 atom stereocenters. The number of amides is 1. The summed E-state index contributed by atoms with van der Waals surface area (Å²) >= 11 is 0. The van der Waals surface area contributed by atoms with Crippen molar-refractivity contribution in [1.82, 2.24) is 19.4 Å². The molecule has 48 heavy (non-hydrogen) atoms. The van der Waals surface area contributed by atoms with Gasteiger partial charge in [0.15, 0.2) is 0 Å². The van der Waals surface area contributed by atoms with Crippen LogP contribution in [0.4, 0.5) is 23.8 Å². The van der Waals surface area contributed by atoms with Crippen molar-refractivity contribution in [2.24, 2.45) is 0 Å². The van der Waals surface area contributed by atoms with Gasteiger partial charge in [-0.15, -0.1) is 0 Å². The van der Waals surface area contributed by atoms with Gasteiger partial charge in [0.2, 0.25) is 0 Å². The predicted molar refractivity (Wildman–Crippen MR) is 181 cm³/mol. The van der Waals surface area contributed by atoms with Crippen molar-refractivity contribution in [2.75, 3.05) is 18.0 Å². The van der Waals surface area contributed by atoms with E-state index in [1.54, 1.807) is 11.1 Å². The van der Waals surface area contributed by atoms with Crippen LogP contribution in [-0.4, -0.2) is 62.5 Å². The Balaban J connectivity index is 1.60. The molecule has 1 aliphatic heterocycles. The fourth-order valence-electron chi connectivity index (χ4n) is 6.89. The van der Waals surface area contributed by atoms with E-state index in [1.807, 2.05) is 135 Å². The summed E-state index contributed by atoms with van der Waals surface area (Å²) in [6, 6.07) is 28.8. The van der Waals surface area contributed by atoms with Crippen LogP contribution in [0.1, 0.15) is 56.9 Å². The molecule has 0 unspecified atom stereocenters. The molecule has 1 fully saturated rings. The first-order chi connectivity index (χ1) is 22.8. The average molecular weight is 656 g/mol. The first-order valence-electron chi connectivity index (χ1n) is 16.1. The highest BCUT2D eigenvalue weighted by Crippen LogP contribution is 2.45. The smallest absolute Gasteiger partial charge is 0.410 e. The van der Waals surface area contributed by atoms with Gasteiger partial charge in [-0.25, -0.2) is 14.8 Å². The topological polar surface area (TPSA) is 63.5 Å². The standard InChI is InChI=1S/C38H40F3N5O2/c1-26-23-45(35(47)48-36(3,4)5)27(2)22-44(26)33-32-28(21-37(39,40)41)24-46(34(32)43-25-42-33)38(29-15-9-6-10-16-29,30-17-11-7-12-18-30)31-19-13-8-14-20-31/h6-20,24-27H,21-23H2,1-5H3/t26-,27+/m0/s1. The van der Waals surface area contributed by atoms with Crippen LogP contribution in [0.5, 0.6) is 0 Å². The molecule has 3 heterocycles. The summed E-state index contributed by atoms with van der Waals surface area (Å²) in [7, 11) is 0. The van der Waals surface area contributed by atoms with Crippen molar-refractivity contribution in [3.63, 3.8) is 0 Å². The second-order valence-electron chi connectivity index (χ2n) is 13.5. The van der Waals surface area contributed by atoms with Crippen LogP contribution >= 0.6 is 0 Å². The van der Waals surface area contributed by atoms with E-state index < -0.39 is 29.8 Å². The summed E-state index contributed by atoms with van der Waals surface area (Å²) in [5.41, 5.74) is 1.32. The Hall–Kier alpha value is -4.86. The second kappa shape index (κ2) is 12.6. The van der Waals surface area contributed by atoms with Crippen molar-refractivity contribution >= 4 is 22.9 Å². The Morgan fingerprint density at radius 1 is 0.792 bits per heavy atom. The zero-order valence-electron chi connectivity index (χ0n) is 27.8. The maximum Gasteiger partial charge on any atom is 0.410 e. The summed E-state index contributed by atoms with van der Waals surface area (Å²) in [6.45, 7) is 9.98. The van der Waals surface area contributed by atoms with E-state index in [2.05, 4.69) is 4.98 Å². The fourth-order valence-corrected chi connectivity index (χ4v) is 6.89. The van der Waals surface area contributed by atoms with E-state index in [9.17, 15) is 18.0 Å². The maximum absolute atomic E-state index is 14.4. The molecular weight excluding hydrogens is 615 g/mol. The van der Waals surface area contributed by atoms with Crippen molar-refractivity contribution in [3.8, 4) is 0 Å². The lowest BCUT2D eigenvalue weighted by Crippen LogP contribution is -2.59. The van der Waals surface area contributed by atoms with Crippen LogP contribution in [0.3, 0.4) is 0 Å². The number of hydrogen-bond acceptors (Lipinski definition) is 5. The number of aromatic nitrogens is 3. The van der Waals surface area contributed by atoms with Gasteiger partial charge in [0.25, 0.3) is 0 Å². The molecule has 0 radical (unpaired) electrons. The van der Waals surface area contributed by atoms with Crippen LogP contribution in [0.15, 0.2) is 104 Å². The first kappa shape index (κ1) is 33.1. The number of carbonyl (C=O) groups excluding carboxylic acids is 1. The number of nitrogens with zero attached hydrogens (tertiary/aromatic N) is 5. The summed E-state index contributed by atoms with van der Waals surface area (Å²) in [6.07, 6.45) is -3.04. The third-order valence-electron chi connectivity index (χ3n) is 8.85. The molecule has 0 saturated carbocycles. The lowest BCUT2D eigenvalue weighted by atomic mass is 9.76. The van der Waals surface area contributed by atoms with E-state index in [0.29, 0.717) is 29.9 Å². The van der Waals surface area contributed by atoms with Gasteiger partial charge in [0.05, 0.1) is 11.8 Å². The number of halogens is 3. The SMILES string of the molecule is C[C@@H]1CN(c2ncnc3c2c(CC(F)(F)F)cn3C(c2ccccc2)(c2ccccc2)c2ccccc2)[C@@H](C)CN1C(=O)OC(C)(C)C. The average Bonchev–Trinajstić information content (AvgIpc) is 3.40. The molecule has 0 aliphatic carbocycles. The van der Waals surface area contributed by atoms with Crippen LogP contribution in [0, 0.1) is 0 Å². The number of alkyl halides is 3. The molecule has 10 heteroatoms. The molecular formula is C38H40F3N5O2. The number of piperazine rings is 1. The molecule has 0 N–H and O–H groups in total.